The summed E-state index contributed by atoms with van der Waals surface area (Å²) in [7, 11) is -3.58. The third-order valence-corrected chi connectivity index (χ3v) is 7.75. The van der Waals surface area contributed by atoms with E-state index < -0.39 is 27.7 Å². The number of amides is 1. The van der Waals surface area contributed by atoms with E-state index in [4.69, 9.17) is 4.74 Å². The molecule has 2 heterocycles. The van der Waals surface area contributed by atoms with E-state index in [0.717, 1.165) is 25.2 Å². The number of benzene rings is 1. The highest BCUT2D eigenvalue weighted by atomic mass is 32.2. The average Bonchev–Trinajstić information content (AvgIpc) is 3.32. The predicted molar refractivity (Wildman–Crippen MR) is 125 cm³/mol. The number of hydrogen-bond acceptors (Lipinski definition) is 6. The largest absolute Gasteiger partial charge is 0.456 e. The summed E-state index contributed by atoms with van der Waals surface area (Å²) in [5.41, 5.74) is 0.519. The van der Waals surface area contributed by atoms with Crippen molar-refractivity contribution < 1.29 is 26.7 Å². The van der Waals surface area contributed by atoms with Crippen molar-refractivity contribution in [2.75, 3.05) is 0 Å². The number of hydrogen-bond donors (Lipinski definition) is 2. The van der Waals surface area contributed by atoms with Gasteiger partial charge in [-0.1, -0.05) is 24.3 Å². The maximum absolute atomic E-state index is 14.0. The van der Waals surface area contributed by atoms with E-state index in [2.05, 4.69) is 15.5 Å². The zero-order chi connectivity index (χ0) is 24.3. The van der Waals surface area contributed by atoms with Crippen molar-refractivity contribution in [3.8, 4) is 11.5 Å². The lowest BCUT2D eigenvalue weighted by Gasteiger charge is -2.14. The van der Waals surface area contributed by atoms with Gasteiger partial charge >= 0.3 is 0 Å². The monoisotopic (exact) mass is 507 g/mol. The summed E-state index contributed by atoms with van der Waals surface area (Å²) in [5.74, 6) is -3.45. The van der Waals surface area contributed by atoms with Gasteiger partial charge in [0.15, 0.2) is 15.6 Å². The van der Waals surface area contributed by atoms with Crippen LogP contribution in [0.15, 0.2) is 60.3 Å². The van der Waals surface area contributed by atoms with E-state index in [0.29, 0.717) is 22.6 Å². The molecule has 1 aliphatic rings. The van der Waals surface area contributed by atoms with Gasteiger partial charge in [-0.3, -0.25) is 9.89 Å². The van der Waals surface area contributed by atoms with Gasteiger partial charge in [-0.25, -0.2) is 17.2 Å². The fourth-order valence-corrected chi connectivity index (χ4v) is 5.32. The molecule has 11 heteroatoms. The van der Waals surface area contributed by atoms with E-state index in [-0.39, 0.29) is 27.2 Å². The number of H-pyrrole nitrogens is 1. The highest BCUT2D eigenvalue weighted by Crippen LogP contribution is 2.41. The fraction of sp³-hybridized carbons (Fsp3) is 0.304. The number of alkyl halides is 2. The molecule has 0 saturated heterocycles. The smallest absolute Gasteiger partial charge is 0.279 e. The van der Waals surface area contributed by atoms with Crippen molar-refractivity contribution in [1.29, 1.82) is 0 Å². The number of aromatic amines is 1. The molecule has 0 aliphatic heterocycles. The second kappa shape index (κ2) is 9.67. The number of rotatable bonds is 10. The van der Waals surface area contributed by atoms with Gasteiger partial charge in [0.2, 0.25) is 0 Å². The van der Waals surface area contributed by atoms with Gasteiger partial charge in [0.1, 0.15) is 10.6 Å². The van der Waals surface area contributed by atoms with E-state index in [1.165, 1.54) is 24.5 Å². The van der Waals surface area contributed by atoms with Crippen LogP contribution in [0.4, 0.5) is 8.78 Å². The lowest BCUT2D eigenvalue weighted by Crippen LogP contribution is -2.34. The number of sulfone groups is 1. The lowest BCUT2D eigenvalue weighted by molar-refractivity contribution is 0.0214. The Morgan fingerprint density at radius 1 is 1.35 bits per heavy atom. The van der Waals surface area contributed by atoms with Gasteiger partial charge in [0.25, 0.3) is 11.8 Å². The third kappa shape index (κ3) is 6.29. The Hall–Kier alpha value is -3.05. The molecule has 7 nitrogen and oxygen atoms in total. The van der Waals surface area contributed by atoms with Crippen molar-refractivity contribution in [2.24, 2.45) is 5.92 Å². The summed E-state index contributed by atoms with van der Waals surface area (Å²) in [5, 5.41) is 10.2. The van der Waals surface area contributed by atoms with Gasteiger partial charge < -0.3 is 10.1 Å². The molecule has 0 radical (unpaired) electrons. The van der Waals surface area contributed by atoms with Crippen LogP contribution in [0.1, 0.15) is 39.9 Å². The Labute approximate surface area is 199 Å². The maximum atomic E-state index is 14.0. The SMILES string of the molecule is CC(F)(F)c1cc(Oc2ccccc2)c(C(=O)N[C@H](/C=C/S(=O)(=O)Cc2cn[nH]c2)C2CC2)s1. The number of nitrogens with zero attached hydrogens (tertiary/aromatic N) is 1. The Morgan fingerprint density at radius 3 is 2.71 bits per heavy atom. The summed E-state index contributed by atoms with van der Waals surface area (Å²) in [4.78, 5) is 12.8. The number of halogens is 2. The second-order valence-corrected chi connectivity index (χ2v) is 11.1. The van der Waals surface area contributed by atoms with Crippen LogP contribution >= 0.6 is 11.3 Å². The first kappa shape index (κ1) is 24.1. The molecule has 1 aromatic carbocycles. The summed E-state index contributed by atoms with van der Waals surface area (Å²) in [6.07, 6.45) is 6.03. The van der Waals surface area contributed by atoms with E-state index in [9.17, 15) is 22.0 Å². The highest BCUT2D eigenvalue weighted by Gasteiger charge is 2.34. The number of nitrogens with one attached hydrogen (secondary N) is 2. The van der Waals surface area contributed by atoms with Crippen LogP contribution < -0.4 is 10.1 Å². The van der Waals surface area contributed by atoms with E-state index in [1.807, 2.05) is 0 Å². The molecule has 1 saturated carbocycles. The van der Waals surface area contributed by atoms with E-state index >= 15 is 0 Å². The van der Waals surface area contributed by atoms with Crippen molar-refractivity contribution in [3.05, 3.63) is 75.6 Å². The van der Waals surface area contributed by atoms with Gasteiger partial charge in [0, 0.05) is 30.2 Å². The molecular weight excluding hydrogens is 484 g/mol. The first-order chi connectivity index (χ1) is 16.1. The predicted octanol–water partition coefficient (Wildman–Crippen LogP) is 5.01. The molecule has 1 amide bonds. The molecule has 0 spiro atoms. The summed E-state index contributed by atoms with van der Waals surface area (Å²) in [6.45, 7) is 0.757. The van der Waals surface area contributed by atoms with Crippen LogP contribution in [-0.4, -0.2) is 30.6 Å². The number of aromatic nitrogens is 2. The highest BCUT2D eigenvalue weighted by molar-refractivity contribution is 7.93. The zero-order valence-electron chi connectivity index (χ0n) is 18.2. The maximum Gasteiger partial charge on any atom is 0.279 e. The van der Waals surface area contributed by atoms with Gasteiger partial charge in [-0.15, -0.1) is 11.3 Å². The minimum absolute atomic E-state index is 0.000632. The number of carbonyl (C=O) groups excluding carboxylic acids is 1. The lowest BCUT2D eigenvalue weighted by atomic mass is 10.2. The summed E-state index contributed by atoms with van der Waals surface area (Å²) < 4.78 is 58.6. The molecule has 1 aliphatic carbocycles. The normalized spacial score (nSPS) is 15.4. The first-order valence-corrected chi connectivity index (χ1v) is 13.1. The van der Waals surface area contributed by atoms with Crippen molar-refractivity contribution >= 4 is 27.1 Å². The van der Waals surface area contributed by atoms with Crippen LogP contribution in [0, 0.1) is 5.92 Å². The Balaban J connectivity index is 1.54. The van der Waals surface area contributed by atoms with Gasteiger partial charge in [0.05, 0.1) is 22.9 Å². The molecule has 3 aromatic rings. The molecular formula is C23H23F2N3O4S2. The van der Waals surface area contributed by atoms with Crippen molar-refractivity contribution in [1.82, 2.24) is 15.5 Å². The first-order valence-electron chi connectivity index (χ1n) is 10.6. The number of para-hydroxylation sites is 1. The molecule has 1 atom stereocenters. The third-order valence-electron chi connectivity index (χ3n) is 5.15. The van der Waals surface area contributed by atoms with E-state index in [1.54, 1.807) is 30.3 Å². The molecule has 2 N–H and O–H groups in total. The van der Waals surface area contributed by atoms with Crippen LogP contribution in [-0.2, 0) is 21.5 Å². The Bertz CT molecular complexity index is 1260. The molecule has 34 heavy (non-hydrogen) atoms. The molecule has 0 bridgehead atoms. The zero-order valence-corrected chi connectivity index (χ0v) is 19.8. The summed E-state index contributed by atoms with van der Waals surface area (Å²) in [6, 6.07) is 9.18. The van der Waals surface area contributed by atoms with Crippen LogP contribution in [0.3, 0.4) is 0 Å². The standard InChI is InChI=1S/C23H23F2N3O4S2/c1-23(24,25)20-11-19(32-17-5-3-2-4-6-17)21(33-20)22(29)28-18(16-7-8-16)9-10-34(30,31)14-15-12-26-27-13-15/h2-6,9-13,16,18H,7-8,14H2,1H3,(H,26,27)(H,28,29)/b10-9+/t18-/m1/s1. The van der Waals surface area contributed by atoms with Gasteiger partial charge in [-0.05, 0) is 30.9 Å². The second-order valence-electron chi connectivity index (χ2n) is 8.19. The number of ether oxygens (including phenoxy) is 1. The van der Waals surface area contributed by atoms with Crippen LogP contribution in [0.5, 0.6) is 11.5 Å². The topological polar surface area (TPSA) is 101 Å². The van der Waals surface area contributed by atoms with Gasteiger partial charge in [-0.2, -0.15) is 5.10 Å². The quantitative estimate of drug-likeness (QED) is 0.402. The van der Waals surface area contributed by atoms with Crippen LogP contribution in [0.25, 0.3) is 0 Å². The van der Waals surface area contributed by atoms with Crippen LogP contribution in [0.2, 0.25) is 0 Å². The van der Waals surface area contributed by atoms with Crippen molar-refractivity contribution in [3.63, 3.8) is 0 Å². The average molecular weight is 508 g/mol. The molecule has 180 valence electrons. The van der Waals surface area contributed by atoms with Crippen molar-refractivity contribution in [2.45, 2.75) is 37.5 Å². The molecule has 1 fully saturated rings. The minimum atomic E-state index is -3.58. The number of thiophene rings is 1. The molecule has 0 unspecified atom stereocenters. The fourth-order valence-electron chi connectivity index (χ4n) is 3.28. The minimum Gasteiger partial charge on any atom is -0.456 e. The molecule has 2 aromatic heterocycles. The Kier molecular flexibility index (Phi) is 6.85. The summed E-state index contributed by atoms with van der Waals surface area (Å²) >= 11 is 0.655. The Morgan fingerprint density at radius 2 is 2.09 bits per heavy atom. The number of carbonyl (C=O) groups is 1. The molecule has 4 rings (SSSR count).